The van der Waals surface area contributed by atoms with Crippen LogP contribution in [-0.4, -0.2) is 23.7 Å². The Morgan fingerprint density at radius 2 is 1.89 bits per heavy atom. The van der Waals surface area contributed by atoms with Gasteiger partial charge in [-0.25, -0.2) is 0 Å². The minimum atomic E-state index is -4.58. The van der Waals surface area contributed by atoms with Crippen LogP contribution in [0.4, 0.5) is 18.9 Å². The fraction of sp³-hybridized carbons (Fsp3) is 0.273. The van der Waals surface area contributed by atoms with Gasteiger partial charge in [0.1, 0.15) is 0 Å². The number of halogens is 3. The minimum Gasteiger partial charge on any atom is -0.318 e. The van der Waals surface area contributed by atoms with Crippen molar-refractivity contribution in [2.45, 2.75) is 6.18 Å². The second-order valence-corrected chi connectivity index (χ2v) is 4.22. The zero-order chi connectivity index (χ0) is 13.3. The number of alkyl halides is 3. The highest BCUT2D eigenvalue weighted by atomic mass is 32.1. The van der Waals surface area contributed by atoms with Gasteiger partial charge in [-0.05, 0) is 24.4 Å². The van der Waals surface area contributed by atoms with Gasteiger partial charge in [0.05, 0.1) is 0 Å². The van der Waals surface area contributed by atoms with Crippen molar-refractivity contribution >= 4 is 28.9 Å². The molecule has 1 amide bonds. The normalized spacial score (nSPS) is 20.8. The number of para-hydroxylation sites is 1. The molecule has 0 saturated carbocycles. The van der Waals surface area contributed by atoms with Gasteiger partial charge in [0.25, 0.3) is 0 Å². The van der Waals surface area contributed by atoms with Crippen LogP contribution >= 0.6 is 12.2 Å². The quantitative estimate of drug-likeness (QED) is 0.796. The Kier molecular flexibility index (Phi) is 3.25. The van der Waals surface area contributed by atoms with Gasteiger partial charge in [0, 0.05) is 12.2 Å². The summed E-state index contributed by atoms with van der Waals surface area (Å²) in [7, 11) is 0. The second-order valence-electron chi connectivity index (χ2n) is 3.83. The van der Waals surface area contributed by atoms with E-state index in [0.29, 0.717) is 5.69 Å². The van der Waals surface area contributed by atoms with Crippen molar-refractivity contribution in [2.75, 3.05) is 11.4 Å². The molecule has 1 atom stereocenters. The van der Waals surface area contributed by atoms with E-state index in [1.165, 1.54) is 4.90 Å². The summed E-state index contributed by atoms with van der Waals surface area (Å²) in [5, 5.41) is 2.08. The van der Waals surface area contributed by atoms with Crippen molar-refractivity contribution in [1.29, 1.82) is 0 Å². The van der Waals surface area contributed by atoms with E-state index in [9.17, 15) is 18.0 Å². The number of hydrogen-bond donors (Lipinski definition) is 1. The Labute approximate surface area is 107 Å². The molecule has 0 aromatic heterocycles. The van der Waals surface area contributed by atoms with Gasteiger partial charge in [0.2, 0.25) is 5.91 Å². The lowest BCUT2D eigenvalue weighted by Gasteiger charge is -2.34. The third kappa shape index (κ3) is 2.45. The predicted molar refractivity (Wildman–Crippen MR) is 64.1 cm³/mol. The average molecular weight is 274 g/mol. The molecule has 18 heavy (non-hydrogen) atoms. The Balaban J connectivity index is 2.27. The van der Waals surface area contributed by atoms with E-state index in [2.05, 4.69) is 5.32 Å². The number of amides is 1. The smallest absolute Gasteiger partial charge is 0.318 e. The lowest BCUT2D eigenvalue weighted by molar-refractivity contribution is -0.180. The average Bonchev–Trinajstić information content (AvgIpc) is 2.28. The Morgan fingerprint density at radius 3 is 2.44 bits per heavy atom. The SMILES string of the molecule is O=C1NC(=S)N(c2ccccc2)CC1C(F)(F)F. The molecule has 1 aliphatic heterocycles. The van der Waals surface area contributed by atoms with Crippen molar-refractivity contribution in [3.63, 3.8) is 0 Å². The molecule has 1 fully saturated rings. The summed E-state index contributed by atoms with van der Waals surface area (Å²) in [5.74, 6) is -3.16. The topological polar surface area (TPSA) is 32.3 Å². The molecular weight excluding hydrogens is 265 g/mol. The molecule has 1 N–H and O–H groups in total. The maximum Gasteiger partial charge on any atom is 0.402 e. The fourth-order valence-corrected chi connectivity index (χ4v) is 1.97. The van der Waals surface area contributed by atoms with E-state index in [-0.39, 0.29) is 5.11 Å². The molecule has 2 rings (SSSR count). The van der Waals surface area contributed by atoms with Gasteiger partial charge in [0.15, 0.2) is 11.0 Å². The molecule has 7 heteroatoms. The summed E-state index contributed by atoms with van der Waals surface area (Å²) in [6, 6.07) is 8.40. The number of rotatable bonds is 1. The number of hydrogen-bond acceptors (Lipinski definition) is 2. The summed E-state index contributed by atoms with van der Waals surface area (Å²) in [6.07, 6.45) is -4.58. The van der Waals surface area contributed by atoms with E-state index in [4.69, 9.17) is 12.2 Å². The number of nitrogens with zero attached hydrogens (tertiary/aromatic N) is 1. The molecule has 1 aromatic carbocycles. The molecule has 1 aliphatic rings. The summed E-state index contributed by atoms with van der Waals surface area (Å²) >= 11 is 4.89. The van der Waals surface area contributed by atoms with Crippen molar-refractivity contribution in [3.05, 3.63) is 30.3 Å². The molecular formula is C11H9F3N2OS. The predicted octanol–water partition coefficient (Wildman–Crippen LogP) is 2.09. The fourth-order valence-electron chi connectivity index (χ4n) is 1.69. The standard InChI is InChI=1S/C11H9F3N2OS/c12-11(13,14)8-6-16(10(18)15-9(8)17)7-4-2-1-3-5-7/h1-5,8H,6H2,(H,15,17,18). The first-order valence-electron chi connectivity index (χ1n) is 5.13. The van der Waals surface area contributed by atoms with Gasteiger partial charge in [-0.15, -0.1) is 0 Å². The summed E-state index contributed by atoms with van der Waals surface area (Å²) < 4.78 is 38.0. The van der Waals surface area contributed by atoms with Gasteiger partial charge in [-0.1, -0.05) is 18.2 Å². The van der Waals surface area contributed by atoms with Crippen LogP contribution < -0.4 is 10.2 Å². The van der Waals surface area contributed by atoms with Crippen LogP contribution in [0, 0.1) is 5.92 Å². The Bertz CT molecular complexity index is 475. The van der Waals surface area contributed by atoms with Crippen LogP contribution in [0.1, 0.15) is 0 Å². The molecule has 96 valence electrons. The van der Waals surface area contributed by atoms with Crippen LogP contribution in [0.3, 0.4) is 0 Å². The van der Waals surface area contributed by atoms with E-state index >= 15 is 0 Å². The number of nitrogens with one attached hydrogen (secondary N) is 1. The molecule has 3 nitrogen and oxygen atoms in total. The summed E-state index contributed by atoms with van der Waals surface area (Å²) in [6.45, 7) is -0.488. The van der Waals surface area contributed by atoms with E-state index in [0.717, 1.165) is 0 Å². The van der Waals surface area contributed by atoms with Crippen molar-refractivity contribution < 1.29 is 18.0 Å². The molecule has 0 bridgehead atoms. The third-order valence-corrected chi connectivity index (χ3v) is 2.94. The van der Waals surface area contributed by atoms with Crippen LogP contribution in [0.25, 0.3) is 0 Å². The van der Waals surface area contributed by atoms with E-state index < -0.39 is 24.5 Å². The molecule has 1 unspecified atom stereocenters. The highest BCUT2D eigenvalue weighted by Gasteiger charge is 2.48. The Morgan fingerprint density at radius 1 is 1.28 bits per heavy atom. The number of carbonyl (C=O) groups is 1. The molecule has 0 spiro atoms. The van der Waals surface area contributed by atoms with E-state index in [1.54, 1.807) is 30.3 Å². The summed E-state index contributed by atoms with van der Waals surface area (Å²) in [5.41, 5.74) is 0.525. The zero-order valence-electron chi connectivity index (χ0n) is 9.07. The van der Waals surface area contributed by atoms with E-state index in [1.807, 2.05) is 0 Å². The highest BCUT2D eigenvalue weighted by molar-refractivity contribution is 7.80. The number of thiocarbonyl (C=S) groups is 1. The molecule has 0 radical (unpaired) electrons. The highest BCUT2D eigenvalue weighted by Crippen LogP contribution is 2.30. The summed E-state index contributed by atoms with van der Waals surface area (Å²) in [4.78, 5) is 12.6. The maximum absolute atomic E-state index is 12.7. The number of anilines is 1. The lowest BCUT2D eigenvalue weighted by Crippen LogP contribution is -2.58. The van der Waals surface area contributed by atoms with Crippen molar-refractivity contribution in [1.82, 2.24) is 5.32 Å². The molecule has 0 aliphatic carbocycles. The number of benzene rings is 1. The van der Waals surface area contributed by atoms with Gasteiger partial charge >= 0.3 is 6.18 Å². The van der Waals surface area contributed by atoms with Crippen molar-refractivity contribution in [3.8, 4) is 0 Å². The first-order chi connectivity index (χ1) is 8.39. The van der Waals surface area contributed by atoms with Crippen LogP contribution in [0.5, 0.6) is 0 Å². The maximum atomic E-state index is 12.7. The lowest BCUT2D eigenvalue weighted by atomic mass is 10.1. The van der Waals surface area contributed by atoms with Gasteiger partial charge in [-0.3, -0.25) is 4.79 Å². The molecule has 1 aromatic rings. The van der Waals surface area contributed by atoms with Gasteiger partial charge < -0.3 is 10.2 Å². The van der Waals surface area contributed by atoms with Crippen LogP contribution in [-0.2, 0) is 4.79 Å². The zero-order valence-corrected chi connectivity index (χ0v) is 9.89. The second kappa shape index (κ2) is 4.56. The number of carbonyl (C=O) groups excluding carboxylic acids is 1. The van der Waals surface area contributed by atoms with Crippen LogP contribution in [0.15, 0.2) is 30.3 Å². The van der Waals surface area contributed by atoms with Crippen LogP contribution in [0.2, 0.25) is 0 Å². The monoisotopic (exact) mass is 274 g/mol. The minimum absolute atomic E-state index is 0.00769. The Hall–Kier alpha value is -1.63. The third-order valence-electron chi connectivity index (χ3n) is 2.62. The molecule has 1 heterocycles. The van der Waals surface area contributed by atoms with Gasteiger partial charge in [-0.2, -0.15) is 13.2 Å². The first kappa shape index (κ1) is 12.8. The molecule has 1 saturated heterocycles. The van der Waals surface area contributed by atoms with Crippen molar-refractivity contribution in [2.24, 2.45) is 5.92 Å². The largest absolute Gasteiger partial charge is 0.402 e. The first-order valence-corrected chi connectivity index (χ1v) is 5.54.